The van der Waals surface area contributed by atoms with Crippen molar-refractivity contribution >= 4 is 15.7 Å². The van der Waals surface area contributed by atoms with Crippen molar-refractivity contribution in [2.45, 2.75) is 44.4 Å². The highest BCUT2D eigenvalue weighted by molar-refractivity contribution is 7.92. The van der Waals surface area contributed by atoms with Crippen molar-refractivity contribution in [3.05, 3.63) is 40.7 Å². The van der Waals surface area contributed by atoms with Crippen LogP contribution in [-0.4, -0.2) is 18.6 Å². The second-order valence-corrected chi connectivity index (χ2v) is 7.18. The fourth-order valence-electron chi connectivity index (χ4n) is 2.94. The third-order valence-corrected chi connectivity index (χ3v) is 5.57. The van der Waals surface area contributed by atoms with Crippen LogP contribution < -0.4 is 4.72 Å². The van der Waals surface area contributed by atoms with Gasteiger partial charge < -0.3 is 0 Å². The van der Waals surface area contributed by atoms with Gasteiger partial charge in [-0.05, 0) is 62.8 Å². The fraction of sp³-hybridized carbons (Fsp3) is 0.400. The van der Waals surface area contributed by atoms with Gasteiger partial charge in [0, 0.05) is 5.69 Å². The molecular formula is C15H19N3O2S. The Hall–Kier alpha value is -1.82. The Morgan fingerprint density at radius 2 is 1.86 bits per heavy atom. The predicted octanol–water partition coefficient (Wildman–Crippen LogP) is 2.71. The Bertz CT molecular complexity index is 759. The zero-order chi connectivity index (χ0) is 15.0. The number of aromatic amines is 1. The van der Waals surface area contributed by atoms with E-state index in [9.17, 15) is 8.42 Å². The van der Waals surface area contributed by atoms with Crippen LogP contribution in [0.2, 0.25) is 0 Å². The zero-order valence-electron chi connectivity index (χ0n) is 12.2. The first-order valence-corrected chi connectivity index (χ1v) is 8.62. The second kappa shape index (κ2) is 5.18. The van der Waals surface area contributed by atoms with Gasteiger partial charge in [0.15, 0.2) is 0 Å². The number of anilines is 1. The number of aryl methyl sites for hydroxylation is 4. The highest BCUT2D eigenvalue weighted by Crippen LogP contribution is 2.26. The number of sulfonamides is 1. The quantitative estimate of drug-likeness (QED) is 0.915. The van der Waals surface area contributed by atoms with E-state index in [4.69, 9.17) is 0 Å². The summed E-state index contributed by atoms with van der Waals surface area (Å²) in [6.07, 6.45) is 4.49. The van der Waals surface area contributed by atoms with Crippen molar-refractivity contribution in [2.24, 2.45) is 0 Å². The number of rotatable bonds is 3. The average molecular weight is 305 g/mol. The van der Waals surface area contributed by atoms with Gasteiger partial charge in [0.1, 0.15) is 4.90 Å². The van der Waals surface area contributed by atoms with Crippen LogP contribution in [-0.2, 0) is 22.9 Å². The minimum absolute atomic E-state index is 0.236. The first kappa shape index (κ1) is 14.1. The molecule has 112 valence electrons. The summed E-state index contributed by atoms with van der Waals surface area (Å²) in [5.74, 6) is 0. The normalized spacial score (nSPS) is 14.8. The molecule has 6 heteroatoms. The minimum atomic E-state index is -3.60. The summed E-state index contributed by atoms with van der Waals surface area (Å²) < 4.78 is 27.7. The summed E-state index contributed by atoms with van der Waals surface area (Å²) >= 11 is 0. The third-order valence-electron chi connectivity index (χ3n) is 3.93. The van der Waals surface area contributed by atoms with E-state index in [1.165, 1.54) is 24.0 Å². The van der Waals surface area contributed by atoms with Crippen molar-refractivity contribution in [1.29, 1.82) is 0 Å². The highest BCUT2D eigenvalue weighted by atomic mass is 32.2. The Morgan fingerprint density at radius 1 is 1.14 bits per heavy atom. The summed E-state index contributed by atoms with van der Waals surface area (Å²) in [7, 11) is -3.60. The lowest BCUT2D eigenvalue weighted by Crippen LogP contribution is -2.15. The molecule has 1 heterocycles. The Morgan fingerprint density at radius 3 is 2.52 bits per heavy atom. The number of nitrogens with zero attached hydrogens (tertiary/aromatic N) is 1. The topological polar surface area (TPSA) is 74.8 Å². The van der Waals surface area contributed by atoms with E-state index >= 15 is 0 Å². The molecule has 0 spiro atoms. The zero-order valence-corrected chi connectivity index (χ0v) is 13.0. The molecule has 0 amide bonds. The Balaban J connectivity index is 1.93. The van der Waals surface area contributed by atoms with Crippen LogP contribution >= 0.6 is 0 Å². The molecular weight excluding hydrogens is 286 g/mol. The van der Waals surface area contributed by atoms with Gasteiger partial charge in [-0.15, -0.1) is 0 Å². The van der Waals surface area contributed by atoms with Crippen molar-refractivity contribution in [1.82, 2.24) is 10.2 Å². The molecule has 0 atom stereocenters. The number of hydrogen-bond donors (Lipinski definition) is 2. The van der Waals surface area contributed by atoms with Gasteiger partial charge in [-0.25, -0.2) is 8.42 Å². The minimum Gasteiger partial charge on any atom is -0.281 e. The molecule has 0 saturated carbocycles. The van der Waals surface area contributed by atoms with E-state index in [0.717, 1.165) is 12.8 Å². The van der Waals surface area contributed by atoms with Crippen LogP contribution in [0.3, 0.4) is 0 Å². The van der Waals surface area contributed by atoms with Gasteiger partial charge in [0.25, 0.3) is 10.0 Å². The van der Waals surface area contributed by atoms with E-state index < -0.39 is 10.0 Å². The molecule has 0 fully saturated rings. The maximum Gasteiger partial charge on any atom is 0.265 e. The van der Waals surface area contributed by atoms with E-state index in [1.807, 2.05) is 18.2 Å². The van der Waals surface area contributed by atoms with Gasteiger partial charge in [-0.1, -0.05) is 6.07 Å². The molecule has 1 aliphatic carbocycles. The maximum atomic E-state index is 12.5. The molecule has 21 heavy (non-hydrogen) atoms. The van der Waals surface area contributed by atoms with Gasteiger partial charge in [0.2, 0.25) is 0 Å². The maximum absolute atomic E-state index is 12.5. The molecule has 1 aromatic heterocycles. The standard InChI is InChI=1S/C15H19N3O2S/c1-10-15(11(2)17-16-10)21(19,20)18-14-8-7-12-5-3-4-6-13(12)9-14/h7-9,18H,3-6H2,1-2H3,(H,16,17). The van der Waals surface area contributed by atoms with Crippen LogP contribution in [0, 0.1) is 13.8 Å². The van der Waals surface area contributed by atoms with E-state index in [2.05, 4.69) is 14.9 Å². The fourth-order valence-corrected chi connectivity index (χ4v) is 4.36. The van der Waals surface area contributed by atoms with E-state index in [-0.39, 0.29) is 4.90 Å². The third kappa shape index (κ3) is 2.68. The van der Waals surface area contributed by atoms with Crippen molar-refractivity contribution < 1.29 is 8.42 Å². The molecule has 0 radical (unpaired) electrons. The summed E-state index contributed by atoms with van der Waals surface area (Å²) in [5, 5.41) is 6.66. The number of nitrogens with one attached hydrogen (secondary N) is 2. The van der Waals surface area contributed by atoms with Crippen LogP contribution in [0.15, 0.2) is 23.1 Å². The monoisotopic (exact) mass is 305 g/mol. The van der Waals surface area contributed by atoms with Crippen LogP contribution in [0.25, 0.3) is 0 Å². The van der Waals surface area contributed by atoms with E-state index in [1.54, 1.807) is 13.8 Å². The van der Waals surface area contributed by atoms with Crippen molar-refractivity contribution in [3.63, 3.8) is 0 Å². The number of benzene rings is 1. The molecule has 0 bridgehead atoms. The number of H-pyrrole nitrogens is 1. The largest absolute Gasteiger partial charge is 0.281 e. The number of fused-ring (bicyclic) bond motifs is 1. The van der Waals surface area contributed by atoms with Gasteiger partial charge in [0.05, 0.1) is 11.4 Å². The second-order valence-electron chi connectivity index (χ2n) is 5.56. The summed E-state index contributed by atoms with van der Waals surface area (Å²) in [5.41, 5.74) is 4.24. The van der Waals surface area contributed by atoms with Crippen molar-refractivity contribution in [2.75, 3.05) is 4.72 Å². The summed E-state index contributed by atoms with van der Waals surface area (Å²) in [6.45, 7) is 3.40. The van der Waals surface area contributed by atoms with Crippen LogP contribution in [0.5, 0.6) is 0 Å². The SMILES string of the molecule is Cc1n[nH]c(C)c1S(=O)(=O)Nc1ccc2c(c1)CCCC2. The van der Waals surface area contributed by atoms with Gasteiger partial charge in [-0.3, -0.25) is 9.82 Å². The molecule has 0 aliphatic heterocycles. The van der Waals surface area contributed by atoms with Gasteiger partial charge >= 0.3 is 0 Å². The van der Waals surface area contributed by atoms with Gasteiger partial charge in [-0.2, -0.15) is 5.10 Å². The molecule has 0 saturated heterocycles. The average Bonchev–Trinajstić information content (AvgIpc) is 2.78. The highest BCUT2D eigenvalue weighted by Gasteiger charge is 2.22. The van der Waals surface area contributed by atoms with Crippen molar-refractivity contribution in [3.8, 4) is 0 Å². The number of hydrogen-bond acceptors (Lipinski definition) is 3. The lowest BCUT2D eigenvalue weighted by Gasteiger charge is -2.17. The number of aromatic nitrogens is 2. The first-order valence-electron chi connectivity index (χ1n) is 7.13. The molecule has 2 N–H and O–H groups in total. The molecule has 3 rings (SSSR count). The smallest absolute Gasteiger partial charge is 0.265 e. The first-order chi connectivity index (χ1) is 9.97. The molecule has 2 aromatic rings. The predicted molar refractivity (Wildman–Crippen MR) is 82.0 cm³/mol. The Kier molecular flexibility index (Phi) is 3.49. The van der Waals surface area contributed by atoms with E-state index in [0.29, 0.717) is 17.1 Å². The Labute approximate surface area is 124 Å². The molecule has 0 unspecified atom stereocenters. The molecule has 5 nitrogen and oxygen atoms in total. The summed E-state index contributed by atoms with van der Waals surface area (Å²) in [4.78, 5) is 0.236. The lowest BCUT2D eigenvalue weighted by atomic mass is 9.91. The van der Waals surface area contributed by atoms with Crippen LogP contribution in [0.4, 0.5) is 5.69 Å². The van der Waals surface area contributed by atoms with Crippen LogP contribution in [0.1, 0.15) is 35.4 Å². The lowest BCUT2D eigenvalue weighted by molar-refractivity contribution is 0.600. The summed E-state index contributed by atoms with van der Waals surface area (Å²) in [6, 6.07) is 5.82. The molecule has 1 aromatic carbocycles. The molecule has 1 aliphatic rings.